The third-order valence-corrected chi connectivity index (χ3v) is 11.6. The molecule has 2 heterocycles. The monoisotopic (exact) mass is 751 g/mol. The highest BCUT2D eigenvalue weighted by atomic mass is 15.1. The lowest BCUT2D eigenvalue weighted by Crippen LogP contribution is -2.10. The van der Waals surface area contributed by atoms with Gasteiger partial charge >= 0.3 is 0 Å². The first kappa shape index (κ1) is 34.4. The zero-order valence-electron chi connectivity index (χ0n) is 32.2. The maximum atomic E-state index is 4.68. The lowest BCUT2D eigenvalue weighted by molar-refractivity contribution is 1.28. The highest BCUT2D eigenvalue weighted by molar-refractivity contribution is 6.23. The predicted octanol–water partition coefficient (Wildman–Crippen LogP) is 15.2. The van der Waals surface area contributed by atoms with Crippen LogP contribution in [0.15, 0.2) is 225 Å². The van der Waals surface area contributed by atoms with E-state index in [-0.39, 0.29) is 0 Å². The van der Waals surface area contributed by atoms with Crippen molar-refractivity contribution in [1.82, 2.24) is 9.97 Å². The second kappa shape index (κ2) is 14.6. The van der Waals surface area contributed by atoms with E-state index in [2.05, 4.69) is 203 Å². The van der Waals surface area contributed by atoms with E-state index in [9.17, 15) is 0 Å². The summed E-state index contributed by atoms with van der Waals surface area (Å²) in [6, 6.07) is 74.5. The smallest absolute Gasteiger partial charge is 0.0722 e. The lowest BCUT2D eigenvalue weighted by atomic mass is 9.84. The molecule has 3 heteroatoms. The Kier molecular flexibility index (Phi) is 8.49. The van der Waals surface area contributed by atoms with Crippen molar-refractivity contribution in [3.8, 4) is 44.5 Å². The summed E-state index contributed by atoms with van der Waals surface area (Å²) < 4.78 is 0. The topological polar surface area (TPSA) is 29.0 Å². The molecule has 0 aliphatic rings. The lowest BCUT2D eigenvalue weighted by Gasteiger charge is -2.26. The van der Waals surface area contributed by atoms with Gasteiger partial charge in [-0.05, 0) is 131 Å². The van der Waals surface area contributed by atoms with Crippen LogP contribution in [0.1, 0.15) is 0 Å². The molecular weight excluding hydrogens is 715 g/mol. The van der Waals surface area contributed by atoms with Crippen LogP contribution in [0, 0.1) is 0 Å². The molecule has 0 aliphatic carbocycles. The molecule has 0 amide bonds. The van der Waals surface area contributed by atoms with Crippen LogP contribution < -0.4 is 4.90 Å². The van der Waals surface area contributed by atoms with Gasteiger partial charge in [-0.3, -0.25) is 9.97 Å². The summed E-state index contributed by atoms with van der Waals surface area (Å²) >= 11 is 0. The number of hydrogen-bond donors (Lipinski definition) is 0. The summed E-state index contributed by atoms with van der Waals surface area (Å²) in [5.74, 6) is 0. The Morgan fingerprint density at radius 3 is 1.41 bits per heavy atom. The largest absolute Gasteiger partial charge is 0.310 e. The molecule has 0 radical (unpaired) electrons. The molecule has 59 heavy (non-hydrogen) atoms. The van der Waals surface area contributed by atoms with Gasteiger partial charge in [-0.15, -0.1) is 0 Å². The van der Waals surface area contributed by atoms with E-state index in [0.29, 0.717) is 0 Å². The maximum Gasteiger partial charge on any atom is 0.0722 e. The molecule has 0 bridgehead atoms. The van der Waals surface area contributed by atoms with Crippen LogP contribution in [-0.2, 0) is 0 Å². The Morgan fingerprint density at radius 1 is 0.305 bits per heavy atom. The number of hydrogen-bond acceptors (Lipinski definition) is 3. The highest BCUT2D eigenvalue weighted by Crippen LogP contribution is 2.46. The van der Waals surface area contributed by atoms with Gasteiger partial charge in [0.2, 0.25) is 0 Å². The van der Waals surface area contributed by atoms with Crippen LogP contribution in [0.5, 0.6) is 0 Å². The van der Waals surface area contributed by atoms with Gasteiger partial charge in [-0.1, -0.05) is 152 Å². The predicted molar refractivity (Wildman–Crippen MR) is 248 cm³/mol. The number of anilines is 3. The van der Waals surface area contributed by atoms with Crippen molar-refractivity contribution >= 4 is 60.3 Å². The minimum absolute atomic E-state index is 0.962. The first-order valence-electron chi connectivity index (χ1n) is 20.0. The summed E-state index contributed by atoms with van der Waals surface area (Å²) in [5, 5.41) is 8.66. The van der Waals surface area contributed by atoms with Crippen molar-refractivity contribution in [1.29, 1.82) is 0 Å². The van der Waals surface area contributed by atoms with Crippen LogP contribution in [0.4, 0.5) is 17.1 Å². The molecule has 2 aromatic heterocycles. The Hall–Kier alpha value is -7.88. The zero-order chi connectivity index (χ0) is 39.1. The molecule has 0 fully saturated rings. The number of rotatable bonds is 7. The van der Waals surface area contributed by atoms with Gasteiger partial charge in [0.15, 0.2) is 0 Å². The van der Waals surface area contributed by atoms with E-state index in [1.54, 1.807) is 0 Å². The van der Waals surface area contributed by atoms with Gasteiger partial charge < -0.3 is 4.90 Å². The molecule has 0 unspecified atom stereocenters. The number of fused-ring (bicyclic) bond motifs is 4. The van der Waals surface area contributed by atoms with Crippen LogP contribution in [0.25, 0.3) is 87.7 Å². The first-order valence-corrected chi connectivity index (χ1v) is 20.0. The third kappa shape index (κ3) is 6.17. The summed E-state index contributed by atoms with van der Waals surface area (Å²) in [7, 11) is 0. The molecule has 0 N–H and O–H groups in total. The molecule has 0 saturated carbocycles. The van der Waals surface area contributed by atoms with Gasteiger partial charge in [0.25, 0.3) is 0 Å². The number of nitrogens with zero attached hydrogens (tertiary/aromatic N) is 3. The average molecular weight is 752 g/mol. The van der Waals surface area contributed by atoms with Crippen LogP contribution >= 0.6 is 0 Å². The molecule has 9 aromatic carbocycles. The molecule has 3 nitrogen and oxygen atoms in total. The summed E-state index contributed by atoms with van der Waals surface area (Å²) in [6.07, 6.45) is 5.52. The summed E-state index contributed by atoms with van der Waals surface area (Å²) in [5.41, 5.74) is 13.8. The van der Waals surface area contributed by atoms with Crippen molar-refractivity contribution in [3.05, 3.63) is 225 Å². The molecule has 11 aromatic rings. The van der Waals surface area contributed by atoms with Gasteiger partial charge in [-0.2, -0.15) is 0 Å². The quantitative estimate of drug-likeness (QED) is 0.152. The Balaban J connectivity index is 0.972. The Morgan fingerprint density at radius 2 is 0.780 bits per heavy atom. The molecule has 0 saturated heterocycles. The summed E-state index contributed by atoms with van der Waals surface area (Å²) in [6.45, 7) is 0. The van der Waals surface area contributed by atoms with Gasteiger partial charge in [0.1, 0.15) is 0 Å². The normalized spacial score (nSPS) is 11.4. The number of aromatic nitrogens is 2. The standard InChI is InChI=1S/C56H37N3/c1-2-12-48-42(9-1)10-7-17-49(48)56-52-15-5-3-13-50(52)55(51-14-4-6-16-53(51)56)44-20-18-38(19-21-44)39-22-27-45(28-23-39)59(47-31-26-43-11-8-34-58-54(43)37-47)46-29-24-40(25-30-46)41-32-35-57-36-33-41/h1-37H. The number of pyridine rings is 2. The molecule has 0 spiro atoms. The minimum atomic E-state index is 0.962. The average Bonchev–Trinajstić information content (AvgIpc) is 3.31. The Bertz CT molecular complexity index is 3240. The molecule has 0 atom stereocenters. The van der Waals surface area contributed by atoms with E-state index in [0.717, 1.165) is 44.7 Å². The van der Waals surface area contributed by atoms with Crippen molar-refractivity contribution in [2.45, 2.75) is 0 Å². The minimum Gasteiger partial charge on any atom is -0.310 e. The van der Waals surface area contributed by atoms with E-state index < -0.39 is 0 Å². The van der Waals surface area contributed by atoms with Crippen molar-refractivity contribution in [2.75, 3.05) is 4.90 Å². The van der Waals surface area contributed by atoms with E-state index >= 15 is 0 Å². The van der Waals surface area contributed by atoms with Gasteiger partial charge in [-0.25, -0.2) is 0 Å². The number of benzene rings is 9. The highest BCUT2D eigenvalue weighted by Gasteiger charge is 2.19. The van der Waals surface area contributed by atoms with Crippen LogP contribution in [0.2, 0.25) is 0 Å². The van der Waals surface area contributed by atoms with Crippen molar-refractivity contribution < 1.29 is 0 Å². The first-order chi connectivity index (χ1) is 29.3. The van der Waals surface area contributed by atoms with Crippen LogP contribution in [0.3, 0.4) is 0 Å². The van der Waals surface area contributed by atoms with Gasteiger partial charge in [0, 0.05) is 41.0 Å². The molecule has 0 aliphatic heterocycles. The van der Waals surface area contributed by atoms with Crippen molar-refractivity contribution in [3.63, 3.8) is 0 Å². The van der Waals surface area contributed by atoms with E-state index in [4.69, 9.17) is 0 Å². The second-order valence-electron chi connectivity index (χ2n) is 15.0. The fourth-order valence-corrected chi connectivity index (χ4v) is 8.79. The van der Waals surface area contributed by atoms with Gasteiger partial charge in [0.05, 0.1) is 5.52 Å². The van der Waals surface area contributed by atoms with E-state index in [1.807, 2.05) is 36.8 Å². The molecular formula is C56H37N3. The molecule has 276 valence electrons. The maximum absolute atomic E-state index is 4.68. The second-order valence-corrected chi connectivity index (χ2v) is 15.0. The molecule has 11 rings (SSSR count). The Labute approximate surface area is 343 Å². The van der Waals surface area contributed by atoms with Crippen LogP contribution in [-0.4, -0.2) is 9.97 Å². The zero-order valence-corrected chi connectivity index (χ0v) is 32.2. The fourth-order valence-electron chi connectivity index (χ4n) is 8.79. The van der Waals surface area contributed by atoms with E-state index in [1.165, 1.54) is 60.1 Å². The van der Waals surface area contributed by atoms with Crippen molar-refractivity contribution in [2.24, 2.45) is 0 Å². The third-order valence-electron chi connectivity index (χ3n) is 11.6. The fraction of sp³-hybridized carbons (Fsp3) is 0. The summed E-state index contributed by atoms with van der Waals surface area (Å²) in [4.78, 5) is 11.2. The SMILES string of the molecule is c1cnc2cc(N(c3ccc(-c4ccncc4)cc3)c3ccc(-c4ccc(-c5c6ccccc6c(-c6cccc7ccccc67)c6ccccc56)cc4)cc3)ccc2c1.